The van der Waals surface area contributed by atoms with Gasteiger partial charge < -0.3 is 14.8 Å². The Balaban J connectivity index is 1.65. The van der Waals surface area contributed by atoms with Crippen LogP contribution in [-0.2, 0) is 14.3 Å². The van der Waals surface area contributed by atoms with Crippen LogP contribution in [0.2, 0.25) is 0 Å². The molecule has 0 heterocycles. The second-order valence-corrected chi connectivity index (χ2v) is 6.85. The summed E-state index contributed by atoms with van der Waals surface area (Å²) in [6.07, 6.45) is 0.717. The van der Waals surface area contributed by atoms with Crippen LogP contribution in [0.1, 0.15) is 24.0 Å². The van der Waals surface area contributed by atoms with E-state index in [2.05, 4.69) is 21.2 Å². The van der Waals surface area contributed by atoms with Gasteiger partial charge in [-0.1, -0.05) is 34.1 Å². The zero-order valence-electron chi connectivity index (χ0n) is 14.9. The normalized spacial score (nSPS) is 10.3. The molecule has 0 aliphatic rings. The summed E-state index contributed by atoms with van der Waals surface area (Å²) in [4.78, 5) is 23.6. The Morgan fingerprint density at radius 1 is 1.12 bits per heavy atom. The van der Waals surface area contributed by atoms with Crippen LogP contribution in [0.15, 0.2) is 46.9 Å². The number of carbonyl (C=O) groups is 2. The van der Waals surface area contributed by atoms with Crippen molar-refractivity contribution in [3.63, 3.8) is 0 Å². The lowest BCUT2D eigenvalue weighted by atomic mass is 10.1. The molecular formula is C20H22BrNO4. The lowest BCUT2D eigenvalue weighted by molar-refractivity contribution is -0.147. The third-order valence-corrected chi connectivity index (χ3v) is 4.11. The van der Waals surface area contributed by atoms with Gasteiger partial charge in [-0.25, -0.2) is 0 Å². The fourth-order valence-electron chi connectivity index (χ4n) is 2.24. The molecule has 1 N–H and O–H groups in total. The first-order valence-corrected chi connectivity index (χ1v) is 9.14. The average molecular weight is 420 g/mol. The number of aryl methyl sites for hydroxylation is 2. The van der Waals surface area contributed by atoms with Crippen molar-refractivity contribution in [3.05, 3.63) is 58.1 Å². The molecule has 2 rings (SSSR count). The van der Waals surface area contributed by atoms with Crippen LogP contribution in [0.4, 0.5) is 5.69 Å². The second kappa shape index (κ2) is 9.97. The quantitative estimate of drug-likeness (QED) is 0.508. The van der Waals surface area contributed by atoms with Crippen molar-refractivity contribution >= 4 is 33.5 Å². The lowest BCUT2D eigenvalue weighted by Gasteiger charge is -2.10. The van der Waals surface area contributed by atoms with E-state index in [-0.39, 0.29) is 18.9 Å². The molecule has 0 aromatic heterocycles. The van der Waals surface area contributed by atoms with E-state index in [1.165, 1.54) is 0 Å². The number of benzene rings is 2. The Bertz CT molecular complexity index is 776. The summed E-state index contributed by atoms with van der Waals surface area (Å²) in [5, 5.41) is 2.76. The van der Waals surface area contributed by atoms with E-state index in [4.69, 9.17) is 9.47 Å². The molecule has 0 spiro atoms. The van der Waals surface area contributed by atoms with Gasteiger partial charge >= 0.3 is 5.97 Å². The number of hydrogen-bond acceptors (Lipinski definition) is 4. The predicted octanol–water partition coefficient (Wildman–Crippen LogP) is 4.41. The van der Waals surface area contributed by atoms with Gasteiger partial charge in [0.1, 0.15) is 5.75 Å². The molecule has 0 bridgehead atoms. The van der Waals surface area contributed by atoms with Gasteiger partial charge in [-0.05, 0) is 55.7 Å². The van der Waals surface area contributed by atoms with E-state index in [1.54, 1.807) is 0 Å². The molecular weight excluding hydrogens is 398 g/mol. The number of hydrogen-bond donors (Lipinski definition) is 1. The molecule has 0 unspecified atom stereocenters. The smallest absolute Gasteiger partial charge is 0.306 e. The maximum Gasteiger partial charge on any atom is 0.306 e. The highest BCUT2D eigenvalue weighted by Crippen LogP contribution is 2.18. The average Bonchev–Trinajstić information content (AvgIpc) is 2.60. The molecule has 1 amide bonds. The van der Waals surface area contributed by atoms with Gasteiger partial charge in [0, 0.05) is 16.6 Å². The van der Waals surface area contributed by atoms with Gasteiger partial charge in [0.2, 0.25) is 0 Å². The fourth-order valence-corrected chi connectivity index (χ4v) is 2.62. The van der Waals surface area contributed by atoms with Gasteiger partial charge in [0.25, 0.3) is 5.91 Å². The van der Waals surface area contributed by atoms with Crippen LogP contribution in [-0.4, -0.2) is 25.1 Å². The highest BCUT2D eigenvalue weighted by atomic mass is 79.9. The Morgan fingerprint density at radius 3 is 2.69 bits per heavy atom. The van der Waals surface area contributed by atoms with Crippen LogP contribution >= 0.6 is 15.9 Å². The van der Waals surface area contributed by atoms with Crippen molar-refractivity contribution in [3.8, 4) is 5.75 Å². The summed E-state index contributed by atoms with van der Waals surface area (Å²) >= 11 is 3.37. The van der Waals surface area contributed by atoms with E-state index in [0.29, 0.717) is 13.0 Å². The molecule has 0 fully saturated rings. The number of halogens is 1. The van der Waals surface area contributed by atoms with E-state index < -0.39 is 5.97 Å². The molecule has 0 radical (unpaired) electrons. The Labute approximate surface area is 161 Å². The molecule has 0 aliphatic carbocycles. The summed E-state index contributed by atoms with van der Waals surface area (Å²) in [5.74, 6) is -0.0305. The van der Waals surface area contributed by atoms with Crippen LogP contribution in [0.5, 0.6) is 5.75 Å². The molecule has 0 saturated carbocycles. The first kappa shape index (κ1) is 20.0. The van der Waals surface area contributed by atoms with E-state index in [0.717, 1.165) is 27.0 Å². The molecule has 2 aromatic rings. The van der Waals surface area contributed by atoms with E-state index in [9.17, 15) is 9.59 Å². The van der Waals surface area contributed by atoms with Crippen molar-refractivity contribution in [1.82, 2.24) is 0 Å². The zero-order valence-corrected chi connectivity index (χ0v) is 16.5. The second-order valence-electron chi connectivity index (χ2n) is 5.94. The van der Waals surface area contributed by atoms with Crippen LogP contribution in [0.25, 0.3) is 0 Å². The number of amides is 1. The monoisotopic (exact) mass is 419 g/mol. The molecule has 5 nitrogen and oxygen atoms in total. The Morgan fingerprint density at radius 2 is 1.92 bits per heavy atom. The number of esters is 1. The lowest BCUT2D eigenvalue weighted by Crippen LogP contribution is -2.21. The Kier molecular flexibility index (Phi) is 7.66. The summed E-state index contributed by atoms with van der Waals surface area (Å²) < 4.78 is 11.5. The fraction of sp³-hybridized carbons (Fsp3) is 0.300. The van der Waals surface area contributed by atoms with E-state index in [1.807, 2.05) is 56.3 Å². The molecule has 138 valence electrons. The van der Waals surface area contributed by atoms with Gasteiger partial charge in [0.05, 0.1) is 6.61 Å². The third-order valence-electron chi connectivity index (χ3n) is 3.62. The molecule has 2 aromatic carbocycles. The van der Waals surface area contributed by atoms with Crippen molar-refractivity contribution in [1.29, 1.82) is 0 Å². The predicted molar refractivity (Wildman–Crippen MR) is 104 cm³/mol. The molecule has 0 saturated heterocycles. The van der Waals surface area contributed by atoms with Gasteiger partial charge in [-0.3, -0.25) is 9.59 Å². The highest BCUT2D eigenvalue weighted by Gasteiger charge is 2.09. The Hall–Kier alpha value is -2.34. The molecule has 26 heavy (non-hydrogen) atoms. The third kappa shape index (κ3) is 6.88. The van der Waals surface area contributed by atoms with Crippen molar-refractivity contribution in [2.75, 3.05) is 18.5 Å². The number of nitrogens with one attached hydrogen (secondary N) is 1. The summed E-state index contributed by atoms with van der Waals surface area (Å²) in [6, 6.07) is 13.3. The summed E-state index contributed by atoms with van der Waals surface area (Å²) in [5.41, 5.74) is 2.74. The molecule has 0 atom stereocenters. The highest BCUT2D eigenvalue weighted by molar-refractivity contribution is 9.10. The minimum atomic E-state index is -0.418. The zero-order chi connectivity index (χ0) is 18.9. The van der Waals surface area contributed by atoms with Crippen molar-refractivity contribution in [2.45, 2.75) is 26.7 Å². The minimum absolute atomic E-state index is 0.199. The van der Waals surface area contributed by atoms with Gasteiger partial charge in [-0.15, -0.1) is 0 Å². The van der Waals surface area contributed by atoms with Crippen LogP contribution < -0.4 is 10.1 Å². The molecule has 0 aliphatic heterocycles. The topological polar surface area (TPSA) is 64.6 Å². The minimum Gasteiger partial charge on any atom is -0.494 e. The molecule has 6 heteroatoms. The van der Waals surface area contributed by atoms with Crippen molar-refractivity contribution < 1.29 is 19.1 Å². The SMILES string of the molecule is Cc1ccc(C)c(NC(=O)COC(=O)CCCOc2cccc(Br)c2)c1. The number of anilines is 1. The maximum absolute atomic E-state index is 11.9. The maximum atomic E-state index is 11.9. The van der Waals surface area contributed by atoms with Crippen molar-refractivity contribution in [2.24, 2.45) is 0 Å². The summed E-state index contributed by atoms with van der Waals surface area (Å²) in [7, 11) is 0. The first-order chi connectivity index (χ1) is 12.4. The summed E-state index contributed by atoms with van der Waals surface area (Å²) in [6.45, 7) is 3.97. The number of ether oxygens (including phenoxy) is 2. The van der Waals surface area contributed by atoms with Crippen LogP contribution in [0.3, 0.4) is 0 Å². The van der Waals surface area contributed by atoms with Gasteiger partial charge in [-0.2, -0.15) is 0 Å². The standard InChI is InChI=1S/C20H22BrNO4/c1-14-8-9-15(2)18(11-14)22-19(23)13-26-20(24)7-4-10-25-17-6-3-5-16(21)12-17/h3,5-6,8-9,11-12H,4,7,10,13H2,1-2H3,(H,22,23). The first-order valence-electron chi connectivity index (χ1n) is 8.35. The van der Waals surface area contributed by atoms with Crippen LogP contribution in [0, 0.1) is 13.8 Å². The largest absolute Gasteiger partial charge is 0.494 e. The van der Waals surface area contributed by atoms with Gasteiger partial charge in [0.15, 0.2) is 6.61 Å². The van der Waals surface area contributed by atoms with E-state index >= 15 is 0 Å². The number of rotatable bonds is 8. The number of carbonyl (C=O) groups excluding carboxylic acids is 2.